The van der Waals surface area contributed by atoms with E-state index in [-0.39, 0.29) is 4.88 Å². The topological polar surface area (TPSA) is 33.1 Å². The summed E-state index contributed by atoms with van der Waals surface area (Å²) in [5, 5.41) is 8.94. The molecule has 0 spiro atoms. The van der Waals surface area contributed by atoms with Crippen molar-refractivity contribution in [2.24, 2.45) is 0 Å². The Hall–Kier alpha value is 0.550. The van der Waals surface area contributed by atoms with Crippen molar-refractivity contribution in [1.29, 1.82) is 0 Å². The Labute approximate surface area is 76.0 Å². The standard InChI is InChI=1S/C4H3Br2NOS/c5-3-2(1-8)9-4(6)7-3/h8H,1H2/i1+1D2,2+1,3+1,4+1. The van der Waals surface area contributed by atoms with Gasteiger partial charge in [-0.05, 0) is 31.9 Å². The van der Waals surface area contributed by atoms with Gasteiger partial charge in [-0.3, -0.25) is 0 Å². The fourth-order valence-corrected chi connectivity index (χ4v) is 2.35. The summed E-state index contributed by atoms with van der Waals surface area (Å²) in [5.41, 5.74) is 0. The molecule has 50 valence electrons. The molecule has 2 nitrogen and oxygen atoms in total. The van der Waals surface area contributed by atoms with E-state index in [2.05, 4.69) is 36.8 Å². The van der Waals surface area contributed by atoms with Crippen molar-refractivity contribution in [3.63, 3.8) is 0 Å². The molecule has 0 saturated carbocycles. The summed E-state index contributed by atoms with van der Waals surface area (Å²) in [4.78, 5) is 4.00. The van der Waals surface area contributed by atoms with Crippen molar-refractivity contribution < 1.29 is 7.85 Å². The van der Waals surface area contributed by atoms with Crippen LogP contribution in [0.5, 0.6) is 0 Å². The Morgan fingerprint density at radius 1 is 1.78 bits per heavy atom. The lowest BCUT2D eigenvalue weighted by Crippen LogP contribution is -1.75. The van der Waals surface area contributed by atoms with Crippen molar-refractivity contribution in [1.82, 2.24) is 4.98 Å². The molecule has 0 unspecified atom stereocenters. The lowest BCUT2D eigenvalue weighted by molar-refractivity contribution is 0.284. The minimum Gasteiger partial charge on any atom is -0.391 e. The Bertz CT molecular complexity index is 272. The van der Waals surface area contributed by atoms with Gasteiger partial charge >= 0.3 is 0 Å². The third kappa shape index (κ3) is 1.73. The van der Waals surface area contributed by atoms with Crippen LogP contribution in [0, 0.1) is 0 Å². The van der Waals surface area contributed by atoms with Gasteiger partial charge in [-0.2, -0.15) is 0 Å². The number of aromatic nitrogens is 1. The highest BCUT2D eigenvalue weighted by Crippen LogP contribution is 2.26. The molecule has 0 atom stereocenters. The Morgan fingerprint density at radius 2 is 2.44 bits per heavy atom. The number of nitrogens with zero attached hydrogens (tertiary/aromatic N) is 1. The molecule has 1 rings (SSSR count). The van der Waals surface area contributed by atoms with Gasteiger partial charge in [0.05, 0.1) is 14.2 Å². The molecule has 1 N–H and O–H groups in total. The Morgan fingerprint density at radius 3 is 2.67 bits per heavy atom. The minimum absolute atomic E-state index is 0.171. The first kappa shape index (κ1) is 5.23. The van der Waals surface area contributed by atoms with Crippen LogP contribution in [0.4, 0.5) is 0 Å². The monoisotopic (exact) mass is 277 g/mol. The van der Waals surface area contributed by atoms with Gasteiger partial charge in [-0.15, -0.1) is 11.3 Å². The Kier molecular flexibility index (Phi) is 1.80. The fraction of sp³-hybridized carbons (Fsp3) is 0.250. The van der Waals surface area contributed by atoms with Crippen LogP contribution in [-0.4, -0.2) is 10.1 Å². The highest BCUT2D eigenvalue weighted by atomic mass is 79.9. The van der Waals surface area contributed by atoms with Crippen molar-refractivity contribution in [2.75, 3.05) is 0 Å². The lowest BCUT2D eigenvalue weighted by Gasteiger charge is -1.83. The van der Waals surface area contributed by atoms with E-state index < -0.39 is 6.56 Å². The van der Waals surface area contributed by atoms with Gasteiger partial charge < -0.3 is 5.11 Å². The molecule has 1 aromatic rings. The van der Waals surface area contributed by atoms with Crippen LogP contribution in [0.15, 0.2) is 8.52 Å². The number of thiazole rings is 1. The fourth-order valence-electron chi connectivity index (χ4n) is 0.346. The first-order valence-corrected chi connectivity index (χ1v) is 4.36. The van der Waals surface area contributed by atoms with Crippen LogP contribution in [0.25, 0.3) is 0 Å². The zero-order chi connectivity index (χ0) is 8.65. The molecule has 9 heavy (non-hydrogen) atoms. The van der Waals surface area contributed by atoms with Gasteiger partial charge in [0.2, 0.25) is 0 Å². The molecule has 0 radical (unpaired) electrons. The summed E-state index contributed by atoms with van der Waals surface area (Å²) in [7, 11) is 0. The van der Waals surface area contributed by atoms with E-state index in [1.165, 1.54) is 0 Å². The molecule has 1 heterocycles. The van der Waals surface area contributed by atoms with Gasteiger partial charge in [-0.1, -0.05) is 0 Å². The highest BCUT2D eigenvalue weighted by Gasteiger charge is 2.03. The lowest BCUT2D eigenvalue weighted by atomic mass is 11.6. The summed E-state index contributed by atoms with van der Waals surface area (Å²) in [6, 6.07) is 0. The molecule has 0 aliphatic heterocycles. The van der Waals surface area contributed by atoms with E-state index in [1.807, 2.05) is 0 Å². The number of halogens is 2. The van der Waals surface area contributed by atoms with Crippen LogP contribution in [0.2, 0.25) is 0 Å². The van der Waals surface area contributed by atoms with Crippen molar-refractivity contribution in [2.45, 2.75) is 6.56 Å². The van der Waals surface area contributed by atoms with Crippen molar-refractivity contribution >= 4 is 43.2 Å². The van der Waals surface area contributed by atoms with E-state index in [4.69, 9.17) is 7.85 Å². The third-order valence-corrected chi connectivity index (χ3v) is 2.91. The van der Waals surface area contributed by atoms with Crippen molar-refractivity contribution in [3.05, 3.63) is 13.4 Å². The maximum absolute atomic E-state index is 8.94. The SMILES string of the molecule is [2H][13C]([2H])(O)[13c]1s[13c](Br)n[13c]1Br. The average Bonchev–Trinajstić information content (AvgIpc) is 2.08. The van der Waals surface area contributed by atoms with Gasteiger partial charge in [0.15, 0.2) is 3.92 Å². The van der Waals surface area contributed by atoms with E-state index >= 15 is 0 Å². The van der Waals surface area contributed by atoms with Crippen LogP contribution >= 0.6 is 43.2 Å². The molecule has 0 saturated heterocycles. The summed E-state index contributed by atoms with van der Waals surface area (Å²) < 4.78 is 14.8. The summed E-state index contributed by atoms with van der Waals surface area (Å²) >= 11 is 7.15. The molecule has 0 aromatic carbocycles. The maximum atomic E-state index is 8.94. The van der Waals surface area contributed by atoms with Gasteiger partial charge in [0, 0.05) is 0 Å². The summed E-state index contributed by atoms with van der Waals surface area (Å²) in [6.07, 6.45) is 0. The third-order valence-electron chi connectivity index (χ3n) is 0.661. The number of hydrogen-bond donors (Lipinski definition) is 1. The van der Waals surface area contributed by atoms with E-state index in [0.29, 0.717) is 8.52 Å². The summed E-state index contributed by atoms with van der Waals surface area (Å²) in [6.45, 7) is -2.32. The molecule has 0 amide bonds. The number of aliphatic hydroxyl groups is 1. The second kappa shape index (κ2) is 3.09. The Balaban J connectivity index is 3.13. The molecule has 0 aliphatic carbocycles. The molecule has 0 fully saturated rings. The van der Waals surface area contributed by atoms with Gasteiger partial charge in [-0.25, -0.2) is 4.98 Å². The smallest absolute Gasteiger partial charge is 0.160 e. The molecule has 0 bridgehead atoms. The highest BCUT2D eigenvalue weighted by molar-refractivity contribution is 9.11. The quantitative estimate of drug-likeness (QED) is 0.799. The van der Waals surface area contributed by atoms with Gasteiger partial charge in [0.1, 0.15) is 4.60 Å². The number of rotatable bonds is 1. The van der Waals surface area contributed by atoms with Crippen LogP contribution in [-0.2, 0) is 6.56 Å². The maximum Gasteiger partial charge on any atom is 0.160 e. The first-order valence-electron chi connectivity index (χ1n) is 2.96. The molecule has 0 aliphatic rings. The largest absolute Gasteiger partial charge is 0.391 e. The zero-order valence-electron chi connectivity index (χ0n) is 6.06. The molecular weight excluding hydrogens is 274 g/mol. The van der Waals surface area contributed by atoms with E-state index in [9.17, 15) is 0 Å². The zero-order valence-corrected chi connectivity index (χ0v) is 8.05. The summed E-state index contributed by atoms with van der Waals surface area (Å²) in [5.74, 6) is 0. The molecule has 5 heteroatoms. The van der Waals surface area contributed by atoms with Gasteiger partial charge in [0.25, 0.3) is 0 Å². The average molecular weight is 279 g/mol. The normalized spacial score (nSPS) is 15.0. The second-order valence-corrected chi connectivity index (χ2v) is 4.22. The predicted octanol–water partition coefficient (Wildman–Crippen LogP) is 2.16. The second-order valence-electron chi connectivity index (χ2n) is 1.20. The van der Waals surface area contributed by atoms with E-state index in [1.54, 1.807) is 0 Å². The minimum atomic E-state index is -2.32. The molecular formula is C4H3Br2NOS. The van der Waals surface area contributed by atoms with E-state index in [0.717, 1.165) is 11.3 Å². The predicted molar refractivity (Wildman–Crippen MR) is 43.4 cm³/mol. The molecule has 1 aromatic heterocycles. The number of hydrogen-bond acceptors (Lipinski definition) is 3. The van der Waals surface area contributed by atoms with Crippen LogP contribution < -0.4 is 0 Å². The van der Waals surface area contributed by atoms with Crippen LogP contribution in [0.3, 0.4) is 0 Å². The van der Waals surface area contributed by atoms with Crippen LogP contribution in [0.1, 0.15) is 7.62 Å². The first-order chi connectivity index (χ1) is 4.91. The van der Waals surface area contributed by atoms with Crippen molar-refractivity contribution in [3.8, 4) is 0 Å².